The molecular formula is C20H20N2O6S. The summed E-state index contributed by atoms with van der Waals surface area (Å²) in [7, 11) is -3.79. The lowest BCUT2D eigenvalue weighted by Crippen LogP contribution is -2.33. The molecule has 29 heavy (non-hydrogen) atoms. The van der Waals surface area contributed by atoms with Gasteiger partial charge in [-0.05, 0) is 36.8 Å². The largest absolute Gasteiger partial charge is 0.364 e. The average molecular weight is 416 g/mol. The van der Waals surface area contributed by atoms with Gasteiger partial charge in [0.25, 0.3) is 11.8 Å². The summed E-state index contributed by atoms with van der Waals surface area (Å²) >= 11 is 0. The fourth-order valence-corrected chi connectivity index (χ4v) is 4.56. The van der Waals surface area contributed by atoms with Crippen molar-refractivity contribution in [1.82, 2.24) is 9.37 Å². The molecule has 0 spiro atoms. The third kappa shape index (κ3) is 3.54. The quantitative estimate of drug-likeness (QED) is 0.670. The van der Waals surface area contributed by atoms with E-state index in [9.17, 15) is 22.8 Å². The number of carbonyl (C=O) groups is 3. The van der Waals surface area contributed by atoms with Crippen LogP contribution in [0.25, 0.3) is 0 Å². The average Bonchev–Trinajstić information content (AvgIpc) is 2.94. The molecule has 0 unspecified atom stereocenters. The highest BCUT2D eigenvalue weighted by molar-refractivity contribution is 7.89. The summed E-state index contributed by atoms with van der Waals surface area (Å²) in [5, 5.41) is 0.401. The minimum atomic E-state index is -3.79. The Bertz CT molecular complexity index is 1070. The molecule has 0 bridgehead atoms. The molecule has 0 fully saturated rings. The van der Waals surface area contributed by atoms with Crippen molar-refractivity contribution >= 4 is 27.8 Å². The number of amides is 2. The molecule has 0 aromatic heterocycles. The van der Waals surface area contributed by atoms with Gasteiger partial charge in [0.05, 0.1) is 21.6 Å². The Balaban J connectivity index is 1.91. The first-order valence-corrected chi connectivity index (χ1v) is 10.5. The molecule has 0 radical (unpaired) electrons. The lowest BCUT2D eigenvalue weighted by molar-refractivity contribution is -0.0585. The number of rotatable bonds is 6. The second-order valence-corrected chi connectivity index (χ2v) is 8.33. The number of aryl methyl sites for hydroxylation is 1. The number of fused-ring (bicyclic) bond motifs is 1. The predicted molar refractivity (Wildman–Crippen MR) is 104 cm³/mol. The van der Waals surface area contributed by atoms with Gasteiger partial charge in [-0.15, -0.1) is 0 Å². The zero-order chi connectivity index (χ0) is 21.3. The topological polar surface area (TPSA) is 101 Å². The van der Waals surface area contributed by atoms with Gasteiger partial charge in [-0.3, -0.25) is 9.59 Å². The van der Waals surface area contributed by atoms with Crippen molar-refractivity contribution < 1.29 is 27.6 Å². The zero-order valence-corrected chi connectivity index (χ0v) is 17.0. The van der Waals surface area contributed by atoms with Gasteiger partial charge in [0.2, 0.25) is 10.0 Å². The molecule has 0 N–H and O–H groups in total. The number of nitrogens with zero attached hydrogens (tertiary/aromatic N) is 2. The molecule has 9 heteroatoms. The van der Waals surface area contributed by atoms with Gasteiger partial charge in [-0.2, -0.15) is 4.31 Å². The molecule has 1 aliphatic heterocycles. The van der Waals surface area contributed by atoms with Gasteiger partial charge < -0.3 is 4.84 Å². The maximum atomic E-state index is 12.7. The first kappa shape index (κ1) is 20.7. The molecule has 8 nitrogen and oxygen atoms in total. The number of carbonyl (C=O) groups excluding carboxylic acids is 3. The van der Waals surface area contributed by atoms with Gasteiger partial charge in [0.15, 0.2) is 0 Å². The number of imide groups is 1. The van der Waals surface area contributed by atoms with Crippen LogP contribution in [-0.4, -0.2) is 48.7 Å². The lowest BCUT2D eigenvalue weighted by Gasteiger charge is -2.19. The van der Waals surface area contributed by atoms with E-state index < -0.39 is 27.8 Å². The lowest BCUT2D eigenvalue weighted by atomic mass is 10.1. The highest BCUT2D eigenvalue weighted by Crippen LogP contribution is 2.25. The monoisotopic (exact) mass is 416 g/mol. The fourth-order valence-electron chi connectivity index (χ4n) is 3.08. The molecule has 2 aromatic carbocycles. The van der Waals surface area contributed by atoms with E-state index in [1.54, 1.807) is 32.9 Å². The smallest absolute Gasteiger partial charge is 0.324 e. The van der Waals surface area contributed by atoms with Crippen molar-refractivity contribution in [2.45, 2.75) is 25.7 Å². The first-order chi connectivity index (χ1) is 13.7. The molecule has 3 rings (SSSR count). The summed E-state index contributed by atoms with van der Waals surface area (Å²) in [6, 6.07) is 10.2. The Morgan fingerprint density at radius 1 is 1.00 bits per heavy atom. The van der Waals surface area contributed by atoms with Crippen LogP contribution in [0.5, 0.6) is 0 Å². The van der Waals surface area contributed by atoms with Crippen LogP contribution in [0.1, 0.15) is 50.5 Å². The molecule has 2 amide bonds. The highest BCUT2D eigenvalue weighted by Gasteiger charge is 2.39. The van der Waals surface area contributed by atoms with Crippen LogP contribution in [0.2, 0.25) is 0 Å². The molecule has 0 aliphatic carbocycles. The second-order valence-electron chi connectivity index (χ2n) is 6.40. The molecule has 152 valence electrons. The predicted octanol–water partition coefficient (Wildman–Crippen LogP) is 2.39. The normalized spacial score (nSPS) is 13.7. The van der Waals surface area contributed by atoms with Crippen molar-refractivity contribution in [2.75, 3.05) is 13.1 Å². The van der Waals surface area contributed by atoms with Crippen molar-refractivity contribution in [1.29, 1.82) is 0 Å². The van der Waals surface area contributed by atoms with Crippen LogP contribution in [0, 0.1) is 6.92 Å². The Morgan fingerprint density at radius 2 is 1.55 bits per heavy atom. The Kier molecular flexibility index (Phi) is 5.54. The van der Waals surface area contributed by atoms with Crippen LogP contribution >= 0.6 is 0 Å². The van der Waals surface area contributed by atoms with E-state index in [-0.39, 0.29) is 34.7 Å². The van der Waals surface area contributed by atoms with Crippen molar-refractivity contribution in [2.24, 2.45) is 0 Å². The minimum absolute atomic E-state index is 0.0465. The molecule has 0 saturated carbocycles. The molecule has 1 aliphatic rings. The summed E-state index contributed by atoms with van der Waals surface area (Å²) < 4.78 is 26.7. The zero-order valence-electron chi connectivity index (χ0n) is 16.2. The van der Waals surface area contributed by atoms with Crippen LogP contribution in [0.4, 0.5) is 0 Å². The maximum Gasteiger partial charge on any atom is 0.364 e. The summed E-state index contributed by atoms with van der Waals surface area (Å²) in [5.74, 6) is -2.49. The maximum absolute atomic E-state index is 12.7. The molecule has 0 atom stereocenters. The Labute approximate surface area is 168 Å². The van der Waals surface area contributed by atoms with E-state index in [0.29, 0.717) is 10.6 Å². The number of benzene rings is 2. The van der Waals surface area contributed by atoms with E-state index in [1.165, 1.54) is 34.6 Å². The summed E-state index contributed by atoms with van der Waals surface area (Å²) in [5.41, 5.74) is 0.680. The van der Waals surface area contributed by atoms with E-state index in [0.717, 1.165) is 0 Å². The number of hydroxylamine groups is 2. The van der Waals surface area contributed by atoms with Crippen LogP contribution in [0.3, 0.4) is 0 Å². The van der Waals surface area contributed by atoms with Crippen LogP contribution in [-0.2, 0) is 14.9 Å². The molecule has 2 aromatic rings. The van der Waals surface area contributed by atoms with E-state index in [1.807, 2.05) is 0 Å². The Hall–Kier alpha value is -3.04. The standard InChI is InChI=1S/C20H20N2O6S/c1-4-21(5-2)29(26,27)14-11-10-13(3)17(12-14)20(25)28-22-18(23)15-8-6-7-9-16(15)19(22)24/h6-12H,4-5H2,1-3H3. The van der Waals surface area contributed by atoms with Gasteiger partial charge in [0, 0.05) is 13.1 Å². The number of sulfonamides is 1. The Morgan fingerprint density at radius 3 is 2.07 bits per heavy atom. The van der Waals surface area contributed by atoms with Crippen molar-refractivity contribution in [3.8, 4) is 0 Å². The van der Waals surface area contributed by atoms with E-state index >= 15 is 0 Å². The number of hydrogen-bond acceptors (Lipinski definition) is 6. The summed E-state index contributed by atoms with van der Waals surface area (Å²) in [4.78, 5) is 42.4. The van der Waals surface area contributed by atoms with Crippen LogP contribution in [0.15, 0.2) is 47.4 Å². The first-order valence-electron chi connectivity index (χ1n) is 9.03. The highest BCUT2D eigenvalue weighted by atomic mass is 32.2. The second kappa shape index (κ2) is 7.76. The van der Waals surface area contributed by atoms with Crippen LogP contribution < -0.4 is 0 Å². The SMILES string of the molecule is CCN(CC)S(=O)(=O)c1ccc(C)c(C(=O)ON2C(=O)c3ccccc3C2=O)c1. The summed E-state index contributed by atoms with van der Waals surface area (Å²) in [6.07, 6.45) is 0. The number of hydrogen-bond donors (Lipinski definition) is 0. The van der Waals surface area contributed by atoms with Crippen molar-refractivity contribution in [3.63, 3.8) is 0 Å². The van der Waals surface area contributed by atoms with Gasteiger partial charge in [-0.1, -0.05) is 37.1 Å². The molecular weight excluding hydrogens is 396 g/mol. The third-order valence-electron chi connectivity index (χ3n) is 4.70. The third-order valence-corrected chi connectivity index (χ3v) is 6.75. The minimum Gasteiger partial charge on any atom is -0.324 e. The van der Waals surface area contributed by atoms with E-state index in [4.69, 9.17) is 4.84 Å². The fraction of sp³-hybridized carbons (Fsp3) is 0.250. The van der Waals surface area contributed by atoms with E-state index in [2.05, 4.69) is 0 Å². The van der Waals surface area contributed by atoms with Gasteiger partial charge in [0.1, 0.15) is 0 Å². The van der Waals surface area contributed by atoms with Gasteiger partial charge in [-0.25, -0.2) is 13.2 Å². The van der Waals surface area contributed by atoms with Gasteiger partial charge >= 0.3 is 5.97 Å². The molecule has 1 heterocycles. The van der Waals surface area contributed by atoms with Crippen molar-refractivity contribution in [3.05, 3.63) is 64.7 Å². The molecule has 0 saturated heterocycles. The summed E-state index contributed by atoms with van der Waals surface area (Å²) in [6.45, 7) is 5.59.